The Bertz CT molecular complexity index is 477. The van der Waals surface area contributed by atoms with Gasteiger partial charge >= 0.3 is 0 Å². The standard InChI is InChI=1S/C13H25N9O/c1-15-4-2-6-17-11-20-12(18-7-3-5-16-10-14)22-13(21-11)19-8-9-23/h15-16,23H,2-9H2,1H3,(H3,17,18,19,20,21,22). The average Bonchev–Trinajstić information content (AvgIpc) is 2.57. The molecule has 0 bridgehead atoms. The Morgan fingerprint density at radius 3 is 1.87 bits per heavy atom. The summed E-state index contributed by atoms with van der Waals surface area (Å²) in [5.41, 5.74) is 0. The van der Waals surface area contributed by atoms with Crippen molar-refractivity contribution in [3.63, 3.8) is 0 Å². The summed E-state index contributed by atoms with van der Waals surface area (Å²) in [7, 11) is 1.91. The summed E-state index contributed by atoms with van der Waals surface area (Å²) >= 11 is 0. The fourth-order valence-electron chi connectivity index (χ4n) is 1.68. The molecule has 0 unspecified atom stereocenters. The van der Waals surface area contributed by atoms with Crippen molar-refractivity contribution in [1.29, 1.82) is 5.26 Å². The SMILES string of the molecule is CNCCCNc1nc(NCCO)nc(NCCCNC#N)n1. The number of hydrogen-bond acceptors (Lipinski definition) is 10. The van der Waals surface area contributed by atoms with Gasteiger partial charge in [0.2, 0.25) is 17.8 Å². The predicted molar refractivity (Wildman–Crippen MR) is 89.2 cm³/mol. The third kappa shape index (κ3) is 8.60. The van der Waals surface area contributed by atoms with Crippen LogP contribution in [0.15, 0.2) is 0 Å². The van der Waals surface area contributed by atoms with Gasteiger partial charge in [0.15, 0.2) is 6.19 Å². The lowest BCUT2D eigenvalue weighted by Gasteiger charge is -2.10. The van der Waals surface area contributed by atoms with Crippen molar-refractivity contribution in [3.8, 4) is 6.19 Å². The molecule has 10 heteroatoms. The zero-order chi connectivity index (χ0) is 16.8. The van der Waals surface area contributed by atoms with Crippen molar-refractivity contribution in [1.82, 2.24) is 25.6 Å². The van der Waals surface area contributed by atoms with Gasteiger partial charge in [-0.15, -0.1) is 0 Å². The molecule has 1 rings (SSSR count). The molecule has 23 heavy (non-hydrogen) atoms. The maximum atomic E-state index is 8.89. The number of nitrogens with one attached hydrogen (secondary N) is 5. The largest absolute Gasteiger partial charge is 0.395 e. The Morgan fingerprint density at radius 2 is 1.39 bits per heavy atom. The first-order chi connectivity index (χ1) is 11.3. The molecule has 128 valence electrons. The molecule has 0 radical (unpaired) electrons. The second-order valence-electron chi connectivity index (χ2n) is 4.66. The number of anilines is 3. The van der Waals surface area contributed by atoms with Crippen molar-refractivity contribution < 1.29 is 5.11 Å². The lowest BCUT2D eigenvalue weighted by molar-refractivity contribution is 0.311. The van der Waals surface area contributed by atoms with Crippen molar-refractivity contribution in [2.75, 3.05) is 62.3 Å². The van der Waals surface area contributed by atoms with Crippen LogP contribution in [0, 0.1) is 11.5 Å². The average molecular weight is 323 g/mol. The number of nitriles is 1. The summed E-state index contributed by atoms with van der Waals surface area (Å²) < 4.78 is 0. The Labute approximate surface area is 136 Å². The van der Waals surface area contributed by atoms with Crippen molar-refractivity contribution >= 4 is 17.8 Å². The zero-order valence-corrected chi connectivity index (χ0v) is 13.4. The topological polar surface area (TPSA) is 143 Å². The first-order valence-corrected chi connectivity index (χ1v) is 7.65. The minimum Gasteiger partial charge on any atom is -0.395 e. The van der Waals surface area contributed by atoms with Crippen LogP contribution in [0.2, 0.25) is 0 Å². The van der Waals surface area contributed by atoms with E-state index in [2.05, 4.69) is 41.5 Å². The van der Waals surface area contributed by atoms with Crippen LogP contribution in [0.3, 0.4) is 0 Å². The van der Waals surface area contributed by atoms with Gasteiger partial charge in [0, 0.05) is 26.2 Å². The second-order valence-corrected chi connectivity index (χ2v) is 4.66. The third-order valence-electron chi connectivity index (χ3n) is 2.76. The van der Waals surface area contributed by atoms with Crippen molar-refractivity contribution in [2.24, 2.45) is 0 Å². The van der Waals surface area contributed by atoms with Crippen LogP contribution in [0.4, 0.5) is 17.8 Å². The van der Waals surface area contributed by atoms with Gasteiger partial charge in [0.1, 0.15) is 0 Å². The highest BCUT2D eigenvalue weighted by Gasteiger charge is 2.05. The summed E-state index contributed by atoms with van der Waals surface area (Å²) in [6.07, 6.45) is 3.59. The number of aliphatic hydroxyl groups is 1. The second kappa shape index (κ2) is 12.2. The van der Waals surface area contributed by atoms with Crippen LogP contribution in [-0.4, -0.2) is 66.4 Å². The Balaban J connectivity index is 2.57. The van der Waals surface area contributed by atoms with Crippen molar-refractivity contribution in [3.05, 3.63) is 0 Å². The van der Waals surface area contributed by atoms with E-state index in [4.69, 9.17) is 10.4 Å². The Kier molecular flexibility index (Phi) is 9.90. The monoisotopic (exact) mass is 323 g/mol. The molecule has 6 N–H and O–H groups in total. The molecule has 0 aliphatic heterocycles. The molecular formula is C13H25N9O. The fraction of sp³-hybridized carbons (Fsp3) is 0.692. The lowest BCUT2D eigenvalue weighted by Crippen LogP contribution is -2.18. The van der Waals surface area contributed by atoms with E-state index in [0.29, 0.717) is 37.5 Å². The van der Waals surface area contributed by atoms with Crippen LogP contribution in [0.5, 0.6) is 0 Å². The number of nitrogens with zero attached hydrogens (tertiary/aromatic N) is 4. The first kappa shape index (κ1) is 18.7. The van der Waals surface area contributed by atoms with E-state index in [1.54, 1.807) is 0 Å². The summed E-state index contributed by atoms with van der Waals surface area (Å²) in [4.78, 5) is 12.8. The molecule has 0 spiro atoms. The van der Waals surface area contributed by atoms with E-state index >= 15 is 0 Å². The number of aromatic nitrogens is 3. The maximum absolute atomic E-state index is 8.89. The summed E-state index contributed by atoms with van der Waals surface area (Å²) in [6, 6.07) is 0. The van der Waals surface area contributed by atoms with Crippen LogP contribution in [0.1, 0.15) is 12.8 Å². The zero-order valence-electron chi connectivity index (χ0n) is 13.4. The molecule has 0 aliphatic rings. The summed E-state index contributed by atoms with van der Waals surface area (Å²) in [5.74, 6) is 1.34. The molecule has 1 aromatic heterocycles. The van der Waals surface area contributed by atoms with E-state index in [-0.39, 0.29) is 6.61 Å². The fourth-order valence-corrected chi connectivity index (χ4v) is 1.68. The minimum atomic E-state index is -0.000788. The Hall–Kier alpha value is -2.38. The molecule has 1 aromatic rings. The first-order valence-electron chi connectivity index (χ1n) is 7.65. The van der Waals surface area contributed by atoms with Gasteiger partial charge in [-0.25, -0.2) is 0 Å². The molecule has 0 atom stereocenters. The molecule has 0 saturated carbocycles. The molecule has 0 fully saturated rings. The van der Waals surface area contributed by atoms with Gasteiger partial charge in [-0.3, -0.25) is 0 Å². The van der Waals surface area contributed by atoms with Gasteiger partial charge < -0.3 is 31.7 Å². The molecule has 0 amide bonds. The number of rotatable bonds is 13. The van der Waals surface area contributed by atoms with Gasteiger partial charge in [-0.2, -0.15) is 20.2 Å². The highest BCUT2D eigenvalue weighted by atomic mass is 16.3. The molecular weight excluding hydrogens is 298 g/mol. The van der Waals surface area contributed by atoms with E-state index in [9.17, 15) is 0 Å². The van der Waals surface area contributed by atoms with Crippen LogP contribution in [0.25, 0.3) is 0 Å². The number of hydrogen-bond donors (Lipinski definition) is 6. The smallest absolute Gasteiger partial charge is 0.229 e. The number of aliphatic hydroxyl groups excluding tert-OH is 1. The highest BCUT2D eigenvalue weighted by Crippen LogP contribution is 2.09. The van der Waals surface area contributed by atoms with Crippen LogP contribution in [-0.2, 0) is 0 Å². The van der Waals surface area contributed by atoms with E-state index in [0.717, 1.165) is 25.9 Å². The van der Waals surface area contributed by atoms with E-state index in [1.165, 1.54) is 0 Å². The minimum absolute atomic E-state index is 0.000788. The van der Waals surface area contributed by atoms with E-state index < -0.39 is 0 Å². The van der Waals surface area contributed by atoms with Gasteiger partial charge in [0.25, 0.3) is 0 Å². The quantitative estimate of drug-likeness (QED) is 0.155. The predicted octanol–water partition coefficient (Wildman–Crippen LogP) is -0.830. The molecule has 0 saturated heterocycles. The molecule has 10 nitrogen and oxygen atoms in total. The molecule has 0 aromatic carbocycles. The van der Waals surface area contributed by atoms with Crippen LogP contribution >= 0.6 is 0 Å². The normalized spacial score (nSPS) is 9.96. The maximum Gasteiger partial charge on any atom is 0.229 e. The van der Waals surface area contributed by atoms with Gasteiger partial charge in [-0.05, 0) is 26.4 Å². The third-order valence-corrected chi connectivity index (χ3v) is 2.76. The highest BCUT2D eigenvalue weighted by molar-refractivity contribution is 5.42. The summed E-state index contributed by atoms with van der Waals surface area (Å²) in [5, 5.41) is 32.1. The van der Waals surface area contributed by atoms with Gasteiger partial charge in [-0.1, -0.05) is 0 Å². The van der Waals surface area contributed by atoms with Gasteiger partial charge in [0.05, 0.1) is 6.61 Å². The Morgan fingerprint density at radius 1 is 0.870 bits per heavy atom. The van der Waals surface area contributed by atoms with E-state index in [1.807, 2.05) is 13.2 Å². The molecule has 1 heterocycles. The van der Waals surface area contributed by atoms with Crippen LogP contribution < -0.4 is 26.6 Å². The molecule has 0 aliphatic carbocycles. The summed E-state index contributed by atoms with van der Waals surface area (Å²) in [6.45, 7) is 3.26. The lowest BCUT2D eigenvalue weighted by atomic mass is 10.4. The van der Waals surface area contributed by atoms with Crippen molar-refractivity contribution in [2.45, 2.75) is 12.8 Å².